The van der Waals surface area contributed by atoms with Crippen LogP contribution in [0.3, 0.4) is 0 Å². The normalized spacial score (nSPS) is 20.0. The Morgan fingerprint density at radius 1 is 1.33 bits per heavy atom. The Morgan fingerprint density at radius 2 is 2.04 bits per heavy atom. The summed E-state index contributed by atoms with van der Waals surface area (Å²) in [6, 6.07) is 5.50. The standard InChI is InChI=1S/C21H33NO4Si/c1-8-25-20(23)19-13-15(11-12-26-27(6,7)21(2,3)4)17-14-16(24-5)9-10-18(17)22-19/h9-12,14-15,19,22H,8,13H2,1-7H3/b12-11+/t15-,19-/m1/s1. The third-order valence-electron chi connectivity index (χ3n) is 5.53. The predicted octanol–water partition coefficient (Wildman–Crippen LogP) is 5.06. The van der Waals surface area contributed by atoms with E-state index in [0.29, 0.717) is 13.0 Å². The number of carbonyl (C=O) groups is 1. The SMILES string of the molecule is CCOC(=O)[C@H]1C[C@@H](/C=C/O[Si](C)(C)C(C)(C)C)c2cc(OC)ccc2N1. The number of allylic oxidation sites excluding steroid dienone is 1. The van der Waals surface area contributed by atoms with Gasteiger partial charge in [0.05, 0.1) is 20.0 Å². The lowest BCUT2D eigenvalue weighted by Gasteiger charge is -2.35. The van der Waals surface area contributed by atoms with Gasteiger partial charge in [0, 0.05) is 11.6 Å². The van der Waals surface area contributed by atoms with Crippen molar-refractivity contribution in [2.24, 2.45) is 0 Å². The summed E-state index contributed by atoms with van der Waals surface area (Å²) in [6.07, 6.45) is 4.52. The van der Waals surface area contributed by atoms with Gasteiger partial charge in [0.2, 0.25) is 8.32 Å². The zero-order valence-electron chi connectivity index (χ0n) is 17.6. The van der Waals surface area contributed by atoms with E-state index in [4.69, 9.17) is 13.9 Å². The first kappa shape index (κ1) is 21.3. The van der Waals surface area contributed by atoms with E-state index < -0.39 is 8.32 Å². The molecule has 0 fully saturated rings. The average Bonchev–Trinajstić information content (AvgIpc) is 2.60. The lowest BCUT2D eigenvalue weighted by molar-refractivity contribution is -0.144. The van der Waals surface area contributed by atoms with Crippen molar-refractivity contribution in [3.8, 4) is 5.75 Å². The minimum atomic E-state index is -1.87. The summed E-state index contributed by atoms with van der Waals surface area (Å²) < 4.78 is 16.8. The van der Waals surface area contributed by atoms with Crippen LogP contribution in [-0.4, -0.2) is 34.0 Å². The largest absolute Gasteiger partial charge is 0.549 e. The summed E-state index contributed by atoms with van der Waals surface area (Å²) in [6.45, 7) is 13.3. The molecule has 1 aliphatic heterocycles. The first-order chi connectivity index (χ1) is 12.6. The van der Waals surface area contributed by atoms with Gasteiger partial charge in [0.15, 0.2) is 0 Å². The maximum atomic E-state index is 12.3. The highest BCUT2D eigenvalue weighted by atomic mass is 28.4. The van der Waals surface area contributed by atoms with Gasteiger partial charge < -0.3 is 19.2 Å². The van der Waals surface area contributed by atoms with E-state index in [-0.39, 0.29) is 23.0 Å². The number of rotatable bonds is 6. The Bertz CT molecular complexity index is 694. The summed E-state index contributed by atoms with van der Waals surface area (Å²) >= 11 is 0. The number of benzene rings is 1. The monoisotopic (exact) mass is 391 g/mol. The van der Waals surface area contributed by atoms with Crippen molar-refractivity contribution in [1.82, 2.24) is 0 Å². The Labute approximate surface area is 164 Å². The average molecular weight is 392 g/mol. The van der Waals surface area contributed by atoms with Crippen LogP contribution >= 0.6 is 0 Å². The van der Waals surface area contributed by atoms with Gasteiger partial charge in [-0.15, -0.1) is 0 Å². The van der Waals surface area contributed by atoms with Crippen LogP contribution in [0.25, 0.3) is 0 Å². The highest BCUT2D eigenvalue weighted by molar-refractivity contribution is 6.74. The number of esters is 1. The van der Waals surface area contributed by atoms with Crippen LogP contribution in [0.2, 0.25) is 18.1 Å². The third kappa shape index (κ3) is 5.06. The topological polar surface area (TPSA) is 56.8 Å². The Kier molecular flexibility index (Phi) is 6.62. The molecule has 2 atom stereocenters. The third-order valence-corrected chi connectivity index (χ3v) is 9.87. The van der Waals surface area contributed by atoms with Gasteiger partial charge in [-0.2, -0.15) is 0 Å². The predicted molar refractivity (Wildman–Crippen MR) is 112 cm³/mol. The number of anilines is 1. The first-order valence-corrected chi connectivity index (χ1v) is 12.5. The lowest BCUT2D eigenvalue weighted by atomic mass is 9.87. The zero-order chi connectivity index (χ0) is 20.2. The van der Waals surface area contributed by atoms with Crippen LogP contribution in [0.1, 0.15) is 45.6 Å². The van der Waals surface area contributed by atoms with Gasteiger partial charge in [-0.05, 0) is 61.3 Å². The van der Waals surface area contributed by atoms with Crippen molar-refractivity contribution < 1.29 is 18.7 Å². The molecule has 1 aromatic rings. The Hall–Kier alpha value is -1.95. The number of hydrogen-bond acceptors (Lipinski definition) is 5. The molecule has 0 aliphatic carbocycles. The summed E-state index contributed by atoms with van der Waals surface area (Å²) in [5, 5.41) is 3.44. The molecule has 0 radical (unpaired) electrons. The van der Waals surface area contributed by atoms with E-state index in [1.807, 2.05) is 31.4 Å². The van der Waals surface area contributed by atoms with Crippen LogP contribution in [0.4, 0.5) is 5.69 Å². The number of ether oxygens (including phenoxy) is 2. The maximum Gasteiger partial charge on any atom is 0.328 e. The van der Waals surface area contributed by atoms with Gasteiger partial charge in [-0.25, -0.2) is 4.79 Å². The highest BCUT2D eigenvalue weighted by Crippen LogP contribution is 2.39. The van der Waals surface area contributed by atoms with E-state index in [1.54, 1.807) is 7.11 Å². The van der Waals surface area contributed by atoms with Gasteiger partial charge in [-0.1, -0.05) is 20.8 Å². The molecule has 0 amide bonds. The molecule has 0 unspecified atom stereocenters. The van der Waals surface area contributed by atoms with Crippen molar-refractivity contribution in [1.29, 1.82) is 0 Å². The molecule has 1 heterocycles. The molecule has 1 N–H and O–H groups in total. The van der Waals surface area contributed by atoms with E-state index >= 15 is 0 Å². The molecule has 0 aromatic heterocycles. The molecule has 0 saturated carbocycles. The molecular formula is C21H33NO4Si. The molecule has 150 valence electrons. The van der Waals surface area contributed by atoms with Crippen molar-refractivity contribution in [3.63, 3.8) is 0 Å². The van der Waals surface area contributed by atoms with E-state index in [1.165, 1.54) is 0 Å². The molecule has 0 bridgehead atoms. The van der Waals surface area contributed by atoms with Gasteiger partial charge in [0.1, 0.15) is 11.8 Å². The molecular weight excluding hydrogens is 358 g/mol. The Balaban J connectivity index is 2.27. The van der Waals surface area contributed by atoms with Gasteiger partial charge in [-0.3, -0.25) is 0 Å². The molecule has 2 rings (SSSR count). The molecule has 6 heteroatoms. The minimum absolute atomic E-state index is 0.0514. The molecule has 0 spiro atoms. The Morgan fingerprint density at radius 3 is 2.63 bits per heavy atom. The number of nitrogens with one attached hydrogen (secondary N) is 1. The number of hydrogen-bond donors (Lipinski definition) is 1. The van der Waals surface area contributed by atoms with Crippen LogP contribution < -0.4 is 10.1 Å². The first-order valence-electron chi connectivity index (χ1n) is 9.54. The molecule has 1 aromatic carbocycles. The molecule has 1 aliphatic rings. The lowest BCUT2D eigenvalue weighted by Crippen LogP contribution is -2.39. The fourth-order valence-corrected chi connectivity index (χ4v) is 3.57. The fraction of sp³-hybridized carbons (Fsp3) is 0.571. The van der Waals surface area contributed by atoms with E-state index in [2.05, 4.69) is 45.3 Å². The van der Waals surface area contributed by atoms with E-state index in [9.17, 15) is 4.79 Å². The number of carbonyl (C=O) groups excluding carboxylic acids is 1. The number of methoxy groups -OCH3 is 1. The minimum Gasteiger partial charge on any atom is -0.549 e. The van der Waals surface area contributed by atoms with Crippen molar-refractivity contribution in [2.75, 3.05) is 19.0 Å². The van der Waals surface area contributed by atoms with Crippen molar-refractivity contribution in [2.45, 2.75) is 64.2 Å². The summed E-state index contributed by atoms with van der Waals surface area (Å²) in [5.41, 5.74) is 2.03. The second-order valence-corrected chi connectivity index (χ2v) is 13.2. The maximum absolute atomic E-state index is 12.3. The van der Waals surface area contributed by atoms with Gasteiger partial charge >= 0.3 is 5.97 Å². The highest BCUT2D eigenvalue weighted by Gasteiger charge is 2.38. The quantitative estimate of drug-likeness (QED) is 0.417. The summed E-state index contributed by atoms with van der Waals surface area (Å²) in [4.78, 5) is 12.3. The van der Waals surface area contributed by atoms with Crippen LogP contribution in [0.5, 0.6) is 5.75 Å². The van der Waals surface area contributed by atoms with E-state index in [0.717, 1.165) is 17.0 Å². The zero-order valence-corrected chi connectivity index (χ0v) is 18.6. The number of fused-ring (bicyclic) bond motifs is 1. The van der Waals surface area contributed by atoms with Crippen LogP contribution in [-0.2, 0) is 14.0 Å². The smallest absolute Gasteiger partial charge is 0.328 e. The summed E-state index contributed by atoms with van der Waals surface area (Å²) in [5.74, 6) is 0.632. The molecule has 5 nitrogen and oxygen atoms in total. The molecule has 0 saturated heterocycles. The summed E-state index contributed by atoms with van der Waals surface area (Å²) in [7, 11) is -0.212. The van der Waals surface area contributed by atoms with Crippen molar-refractivity contribution >= 4 is 20.0 Å². The fourth-order valence-electron chi connectivity index (χ4n) is 2.79. The van der Waals surface area contributed by atoms with Crippen molar-refractivity contribution in [3.05, 3.63) is 36.1 Å². The molecule has 27 heavy (non-hydrogen) atoms. The second-order valence-electron chi connectivity index (χ2n) is 8.45. The second kappa shape index (κ2) is 8.38. The van der Waals surface area contributed by atoms with Gasteiger partial charge in [0.25, 0.3) is 0 Å². The van der Waals surface area contributed by atoms with Crippen LogP contribution in [0, 0.1) is 0 Å². The van der Waals surface area contributed by atoms with Crippen LogP contribution in [0.15, 0.2) is 30.5 Å².